The van der Waals surface area contributed by atoms with Gasteiger partial charge in [0, 0.05) is 28.8 Å². The Bertz CT molecular complexity index is 677. The average Bonchev–Trinajstić information content (AvgIpc) is 2.48. The fourth-order valence-corrected chi connectivity index (χ4v) is 3.08. The van der Waals surface area contributed by atoms with Crippen molar-refractivity contribution in [2.24, 2.45) is 0 Å². The van der Waals surface area contributed by atoms with Crippen LogP contribution in [0, 0.1) is 15.2 Å². The SMILES string of the molecule is CC(C)(C)OC(=O)N[C@@H]1CCCN(C(=O)c2cc(I)c(F)cc2F)C1. The van der Waals surface area contributed by atoms with Gasteiger partial charge in [-0.15, -0.1) is 0 Å². The highest BCUT2D eigenvalue weighted by molar-refractivity contribution is 14.1. The summed E-state index contributed by atoms with van der Waals surface area (Å²) < 4.78 is 32.7. The minimum atomic E-state index is -0.884. The van der Waals surface area contributed by atoms with E-state index in [-0.39, 0.29) is 21.7 Å². The van der Waals surface area contributed by atoms with Gasteiger partial charge in [-0.1, -0.05) is 0 Å². The highest BCUT2D eigenvalue weighted by atomic mass is 127. The number of benzene rings is 1. The van der Waals surface area contributed by atoms with E-state index in [2.05, 4.69) is 5.32 Å². The minimum absolute atomic E-state index is 0.163. The number of alkyl carbamates (subject to hydrolysis) is 1. The molecule has 1 heterocycles. The van der Waals surface area contributed by atoms with Gasteiger partial charge in [-0.05, 0) is 62.3 Å². The summed E-state index contributed by atoms with van der Waals surface area (Å²) in [6.45, 7) is 6.01. The maximum Gasteiger partial charge on any atom is 0.407 e. The first kappa shape index (κ1) is 19.9. The number of amides is 2. The zero-order valence-corrected chi connectivity index (χ0v) is 16.5. The number of halogens is 3. The predicted octanol–water partition coefficient (Wildman–Crippen LogP) is 3.70. The topological polar surface area (TPSA) is 58.6 Å². The summed E-state index contributed by atoms with van der Waals surface area (Å²) in [7, 11) is 0. The standard InChI is InChI=1S/C17H21F2IN2O3/c1-17(2,3)25-16(24)21-10-5-4-6-22(9-10)15(23)11-7-14(20)13(19)8-12(11)18/h7-8,10H,4-6,9H2,1-3H3,(H,21,24)/t10-/m1/s1. The molecule has 1 aromatic carbocycles. The Hall–Kier alpha value is -1.45. The van der Waals surface area contributed by atoms with Crippen LogP contribution in [0.3, 0.4) is 0 Å². The number of likely N-dealkylation sites (tertiary alicyclic amines) is 1. The molecule has 8 heteroatoms. The number of nitrogens with zero attached hydrogens (tertiary/aromatic N) is 1. The molecular formula is C17H21F2IN2O3. The number of hydrogen-bond acceptors (Lipinski definition) is 3. The molecule has 2 amide bonds. The zero-order valence-electron chi connectivity index (χ0n) is 14.4. The second kappa shape index (κ2) is 7.84. The van der Waals surface area contributed by atoms with Crippen LogP contribution in [0.1, 0.15) is 44.0 Å². The van der Waals surface area contributed by atoms with E-state index in [1.165, 1.54) is 11.0 Å². The van der Waals surface area contributed by atoms with Crippen LogP contribution in [0.2, 0.25) is 0 Å². The first-order valence-corrected chi connectivity index (χ1v) is 9.08. The highest BCUT2D eigenvalue weighted by Crippen LogP contribution is 2.20. The molecule has 25 heavy (non-hydrogen) atoms. The molecule has 0 bridgehead atoms. The Labute approximate surface area is 159 Å². The minimum Gasteiger partial charge on any atom is -0.444 e. The fourth-order valence-electron chi connectivity index (χ4n) is 2.61. The lowest BCUT2D eigenvalue weighted by molar-refractivity contribution is 0.0451. The van der Waals surface area contributed by atoms with Crippen LogP contribution in [0.4, 0.5) is 13.6 Å². The molecule has 138 valence electrons. The summed E-state index contributed by atoms with van der Waals surface area (Å²) in [6, 6.07) is 1.66. The van der Waals surface area contributed by atoms with Crippen LogP contribution in [0.15, 0.2) is 12.1 Å². The molecule has 0 spiro atoms. The highest BCUT2D eigenvalue weighted by Gasteiger charge is 2.28. The Morgan fingerprint density at radius 2 is 1.96 bits per heavy atom. The van der Waals surface area contributed by atoms with Gasteiger partial charge in [0.05, 0.1) is 5.56 Å². The van der Waals surface area contributed by atoms with E-state index < -0.39 is 29.2 Å². The molecule has 1 aromatic rings. The number of ether oxygens (including phenoxy) is 1. The van der Waals surface area contributed by atoms with Crippen molar-refractivity contribution in [2.45, 2.75) is 45.3 Å². The maximum absolute atomic E-state index is 13.9. The average molecular weight is 466 g/mol. The summed E-state index contributed by atoms with van der Waals surface area (Å²) in [5.74, 6) is -2.09. The molecule has 5 nitrogen and oxygen atoms in total. The summed E-state index contributed by atoms with van der Waals surface area (Å²) in [6.07, 6.45) is 0.827. The largest absolute Gasteiger partial charge is 0.444 e. The molecule has 1 aliphatic heterocycles. The predicted molar refractivity (Wildman–Crippen MR) is 97.4 cm³/mol. The van der Waals surface area contributed by atoms with Gasteiger partial charge >= 0.3 is 6.09 Å². The van der Waals surface area contributed by atoms with Gasteiger partial charge in [-0.2, -0.15) is 0 Å². The molecule has 0 aromatic heterocycles. The lowest BCUT2D eigenvalue weighted by atomic mass is 10.0. The van der Waals surface area contributed by atoms with Crippen molar-refractivity contribution in [2.75, 3.05) is 13.1 Å². The van der Waals surface area contributed by atoms with E-state index in [0.717, 1.165) is 6.07 Å². The van der Waals surface area contributed by atoms with Crippen molar-refractivity contribution in [1.82, 2.24) is 10.2 Å². The van der Waals surface area contributed by atoms with Gasteiger partial charge in [0.25, 0.3) is 5.91 Å². The summed E-state index contributed by atoms with van der Waals surface area (Å²) in [4.78, 5) is 25.9. The Balaban J connectivity index is 2.04. The van der Waals surface area contributed by atoms with E-state index in [4.69, 9.17) is 4.74 Å². The van der Waals surface area contributed by atoms with Gasteiger partial charge in [-0.3, -0.25) is 4.79 Å². The van der Waals surface area contributed by atoms with Crippen LogP contribution in [-0.4, -0.2) is 41.6 Å². The van der Waals surface area contributed by atoms with Crippen LogP contribution < -0.4 is 5.32 Å². The first-order chi connectivity index (χ1) is 11.6. The number of hydrogen-bond donors (Lipinski definition) is 1. The van der Waals surface area contributed by atoms with Gasteiger partial charge in [0.2, 0.25) is 0 Å². The van der Waals surface area contributed by atoms with Crippen LogP contribution >= 0.6 is 22.6 Å². The molecule has 0 saturated carbocycles. The zero-order chi connectivity index (χ0) is 18.8. The van der Waals surface area contributed by atoms with E-state index in [9.17, 15) is 18.4 Å². The van der Waals surface area contributed by atoms with E-state index in [0.29, 0.717) is 19.4 Å². The maximum atomic E-state index is 13.9. The summed E-state index contributed by atoms with van der Waals surface area (Å²) in [5.41, 5.74) is -0.772. The van der Waals surface area contributed by atoms with E-state index in [1.807, 2.05) is 0 Å². The summed E-state index contributed by atoms with van der Waals surface area (Å²) in [5, 5.41) is 2.74. The molecule has 1 atom stereocenters. The lowest BCUT2D eigenvalue weighted by Crippen LogP contribution is -2.50. The Morgan fingerprint density at radius 3 is 2.60 bits per heavy atom. The second-order valence-electron chi connectivity index (χ2n) is 6.98. The van der Waals surface area contributed by atoms with Crippen LogP contribution in [0.25, 0.3) is 0 Å². The molecule has 1 saturated heterocycles. The molecule has 1 N–H and O–H groups in total. The smallest absolute Gasteiger partial charge is 0.407 e. The Kier molecular flexibility index (Phi) is 6.23. The van der Waals surface area contributed by atoms with Gasteiger partial charge < -0.3 is 15.0 Å². The normalized spacial score (nSPS) is 18.0. The quantitative estimate of drug-likeness (QED) is 0.535. The van der Waals surface area contributed by atoms with Crippen molar-refractivity contribution in [3.63, 3.8) is 0 Å². The number of nitrogens with one attached hydrogen (secondary N) is 1. The van der Waals surface area contributed by atoms with Gasteiger partial charge in [-0.25, -0.2) is 13.6 Å². The van der Waals surface area contributed by atoms with Gasteiger partial charge in [0.15, 0.2) is 0 Å². The van der Waals surface area contributed by atoms with E-state index >= 15 is 0 Å². The number of piperidine rings is 1. The lowest BCUT2D eigenvalue weighted by Gasteiger charge is -2.33. The third-order valence-corrected chi connectivity index (χ3v) is 4.50. The third kappa shape index (κ3) is 5.52. The molecule has 0 unspecified atom stereocenters. The van der Waals surface area contributed by atoms with Gasteiger partial charge in [0.1, 0.15) is 17.2 Å². The summed E-state index contributed by atoms with van der Waals surface area (Å²) >= 11 is 1.72. The monoisotopic (exact) mass is 466 g/mol. The third-order valence-electron chi connectivity index (χ3n) is 3.67. The van der Waals surface area contributed by atoms with Crippen molar-refractivity contribution in [3.8, 4) is 0 Å². The number of carbonyl (C=O) groups excluding carboxylic acids is 2. The number of rotatable bonds is 2. The molecular weight excluding hydrogens is 445 g/mol. The number of carbonyl (C=O) groups is 2. The second-order valence-corrected chi connectivity index (χ2v) is 8.14. The van der Waals surface area contributed by atoms with Crippen molar-refractivity contribution in [1.29, 1.82) is 0 Å². The van der Waals surface area contributed by atoms with Crippen molar-refractivity contribution < 1.29 is 23.1 Å². The molecule has 1 aliphatic rings. The molecule has 0 radical (unpaired) electrons. The van der Waals surface area contributed by atoms with Crippen LogP contribution in [0.5, 0.6) is 0 Å². The molecule has 2 rings (SSSR count). The van der Waals surface area contributed by atoms with Crippen molar-refractivity contribution in [3.05, 3.63) is 32.9 Å². The fraction of sp³-hybridized carbons (Fsp3) is 0.529. The molecule has 0 aliphatic carbocycles. The first-order valence-electron chi connectivity index (χ1n) is 8.00. The molecule has 1 fully saturated rings. The van der Waals surface area contributed by atoms with E-state index in [1.54, 1.807) is 43.4 Å². The van der Waals surface area contributed by atoms with Crippen molar-refractivity contribution >= 4 is 34.6 Å². The Morgan fingerprint density at radius 1 is 1.28 bits per heavy atom. The van der Waals surface area contributed by atoms with Crippen LogP contribution in [-0.2, 0) is 4.74 Å².